The highest BCUT2D eigenvalue weighted by Gasteiger charge is 2.01. The molecular weight excluding hydrogens is 244 g/mol. The summed E-state index contributed by atoms with van der Waals surface area (Å²) in [6.07, 6.45) is 3.54. The Morgan fingerprint density at radius 2 is 1.79 bits per heavy atom. The lowest BCUT2D eigenvalue weighted by atomic mass is 10.2. The van der Waals surface area contributed by atoms with Crippen molar-refractivity contribution in [2.24, 2.45) is 0 Å². The van der Waals surface area contributed by atoms with Crippen molar-refractivity contribution < 1.29 is 14.3 Å². The number of carbonyl (C=O) groups is 1. The smallest absolute Gasteiger partial charge is 0.305 e. The highest BCUT2D eigenvalue weighted by molar-refractivity contribution is 5.65. The van der Waals surface area contributed by atoms with Crippen LogP contribution in [0, 0.1) is 6.92 Å². The van der Waals surface area contributed by atoms with Gasteiger partial charge in [0, 0.05) is 24.9 Å². The van der Waals surface area contributed by atoms with Gasteiger partial charge in [-0.25, -0.2) is 9.97 Å². The normalized spacial score (nSPS) is 10.0. The second-order valence-corrected chi connectivity index (χ2v) is 4.01. The van der Waals surface area contributed by atoms with E-state index in [1.165, 1.54) is 6.92 Å². The van der Waals surface area contributed by atoms with Crippen molar-refractivity contribution >= 4 is 5.97 Å². The maximum atomic E-state index is 10.6. The molecule has 0 fully saturated rings. The lowest BCUT2D eigenvalue weighted by molar-refractivity contribution is -0.147. The SMILES string of the molecule is CC(=O)OCOc1ccc(-c2ncc(C)cn2)cc1. The monoisotopic (exact) mass is 258 g/mol. The number of hydrogen-bond acceptors (Lipinski definition) is 5. The van der Waals surface area contributed by atoms with Crippen molar-refractivity contribution in [3.8, 4) is 17.1 Å². The molecule has 0 saturated heterocycles. The molecule has 0 radical (unpaired) electrons. The second kappa shape index (κ2) is 5.95. The van der Waals surface area contributed by atoms with E-state index in [1.54, 1.807) is 24.5 Å². The van der Waals surface area contributed by atoms with E-state index in [-0.39, 0.29) is 12.8 Å². The number of aromatic nitrogens is 2. The van der Waals surface area contributed by atoms with E-state index in [2.05, 4.69) is 14.7 Å². The van der Waals surface area contributed by atoms with Gasteiger partial charge in [0.15, 0.2) is 5.82 Å². The maximum Gasteiger partial charge on any atom is 0.305 e. The van der Waals surface area contributed by atoms with Crippen molar-refractivity contribution in [3.05, 3.63) is 42.2 Å². The zero-order chi connectivity index (χ0) is 13.7. The highest BCUT2D eigenvalue weighted by Crippen LogP contribution is 2.19. The van der Waals surface area contributed by atoms with Crippen LogP contribution in [0.15, 0.2) is 36.7 Å². The van der Waals surface area contributed by atoms with Gasteiger partial charge in [-0.1, -0.05) is 0 Å². The van der Waals surface area contributed by atoms with Gasteiger partial charge in [-0.05, 0) is 36.8 Å². The molecule has 1 heterocycles. The van der Waals surface area contributed by atoms with Crippen molar-refractivity contribution in [2.75, 3.05) is 6.79 Å². The van der Waals surface area contributed by atoms with Crippen LogP contribution in [-0.2, 0) is 9.53 Å². The number of nitrogens with zero attached hydrogens (tertiary/aromatic N) is 2. The van der Waals surface area contributed by atoms with Crippen molar-refractivity contribution in [1.82, 2.24) is 9.97 Å². The number of hydrogen-bond donors (Lipinski definition) is 0. The number of benzene rings is 1. The van der Waals surface area contributed by atoms with Gasteiger partial charge in [0.25, 0.3) is 0 Å². The Morgan fingerprint density at radius 3 is 2.37 bits per heavy atom. The standard InChI is InChI=1S/C14H14N2O3/c1-10-7-15-14(16-8-10)12-3-5-13(6-4-12)19-9-18-11(2)17/h3-8H,9H2,1-2H3. The molecule has 0 spiro atoms. The summed E-state index contributed by atoms with van der Waals surface area (Å²) >= 11 is 0. The first-order valence-corrected chi connectivity index (χ1v) is 5.80. The van der Waals surface area contributed by atoms with Crippen LogP contribution in [0.2, 0.25) is 0 Å². The molecule has 0 N–H and O–H groups in total. The molecule has 2 aromatic rings. The molecule has 0 aliphatic rings. The Morgan fingerprint density at radius 1 is 1.16 bits per heavy atom. The molecule has 5 heteroatoms. The predicted molar refractivity (Wildman–Crippen MR) is 69.5 cm³/mol. The van der Waals surface area contributed by atoms with Crippen molar-refractivity contribution in [1.29, 1.82) is 0 Å². The van der Waals surface area contributed by atoms with Gasteiger partial charge in [0.05, 0.1) is 0 Å². The van der Waals surface area contributed by atoms with Crippen LogP contribution in [-0.4, -0.2) is 22.7 Å². The maximum absolute atomic E-state index is 10.6. The molecular formula is C14H14N2O3. The summed E-state index contributed by atoms with van der Waals surface area (Å²) in [7, 11) is 0. The van der Waals surface area contributed by atoms with Gasteiger partial charge < -0.3 is 9.47 Å². The van der Waals surface area contributed by atoms with Gasteiger partial charge in [-0.15, -0.1) is 0 Å². The zero-order valence-corrected chi connectivity index (χ0v) is 10.8. The van der Waals surface area contributed by atoms with E-state index in [0.717, 1.165) is 11.1 Å². The molecule has 0 aliphatic carbocycles. The quantitative estimate of drug-likeness (QED) is 0.622. The number of carbonyl (C=O) groups excluding carboxylic acids is 1. The molecule has 98 valence electrons. The molecule has 19 heavy (non-hydrogen) atoms. The minimum Gasteiger partial charge on any atom is -0.457 e. The summed E-state index contributed by atoms with van der Waals surface area (Å²) in [6, 6.07) is 7.27. The third kappa shape index (κ3) is 3.77. The van der Waals surface area contributed by atoms with Crippen LogP contribution in [0.4, 0.5) is 0 Å². The Hall–Kier alpha value is -2.43. The molecule has 2 rings (SSSR count). The summed E-state index contributed by atoms with van der Waals surface area (Å²) in [5.74, 6) is 0.916. The van der Waals surface area contributed by atoms with Crippen LogP contribution < -0.4 is 4.74 Å². The van der Waals surface area contributed by atoms with Crippen molar-refractivity contribution in [3.63, 3.8) is 0 Å². The molecule has 1 aromatic heterocycles. The van der Waals surface area contributed by atoms with E-state index >= 15 is 0 Å². The topological polar surface area (TPSA) is 61.3 Å². The third-order valence-corrected chi connectivity index (χ3v) is 2.38. The largest absolute Gasteiger partial charge is 0.457 e. The summed E-state index contributed by atoms with van der Waals surface area (Å²) in [6.45, 7) is 3.19. The summed E-state index contributed by atoms with van der Waals surface area (Å²) in [5, 5.41) is 0. The fourth-order valence-corrected chi connectivity index (χ4v) is 1.42. The minimum absolute atomic E-state index is 0.0876. The molecule has 1 aromatic carbocycles. The third-order valence-electron chi connectivity index (χ3n) is 2.38. The van der Waals surface area contributed by atoms with Gasteiger partial charge in [-0.3, -0.25) is 4.79 Å². The zero-order valence-electron chi connectivity index (χ0n) is 10.8. The average Bonchev–Trinajstić information content (AvgIpc) is 2.40. The van der Waals surface area contributed by atoms with E-state index in [0.29, 0.717) is 11.6 Å². The van der Waals surface area contributed by atoms with E-state index in [4.69, 9.17) is 4.74 Å². The fraction of sp³-hybridized carbons (Fsp3) is 0.214. The van der Waals surface area contributed by atoms with Gasteiger partial charge >= 0.3 is 5.97 Å². The number of rotatable bonds is 4. The average molecular weight is 258 g/mol. The Labute approximate surface area is 111 Å². The fourth-order valence-electron chi connectivity index (χ4n) is 1.42. The Bertz CT molecular complexity index is 550. The van der Waals surface area contributed by atoms with Crippen LogP contribution in [0.3, 0.4) is 0 Å². The van der Waals surface area contributed by atoms with Gasteiger partial charge in [0.2, 0.25) is 6.79 Å². The molecule has 0 amide bonds. The first-order chi connectivity index (χ1) is 9.15. The minimum atomic E-state index is -0.371. The van der Waals surface area contributed by atoms with Crippen LogP contribution in [0.5, 0.6) is 5.75 Å². The Balaban J connectivity index is 2.02. The molecule has 0 bridgehead atoms. The van der Waals surface area contributed by atoms with Crippen molar-refractivity contribution in [2.45, 2.75) is 13.8 Å². The number of aryl methyl sites for hydroxylation is 1. The molecule has 0 unspecified atom stereocenters. The van der Waals surface area contributed by atoms with E-state index in [1.807, 2.05) is 19.1 Å². The summed E-state index contributed by atoms with van der Waals surface area (Å²) in [5.41, 5.74) is 1.92. The molecule has 0 atom stereocenters. The van der Waals surface area contributed by atoms with Gasteiger partial charge in [0.1, 0.15) is 5.75 Å². The lowest BCUT2D eigenvalue weighted by Crippen LogP contribution is -2.06. The Kier molecular flexibility index (Phi) is 4.07. The summed E-state index contributed by atoms with van der Waals surface area (Å²) < 4.78 is 9.93. The second-order valence-electron chi connectivity index (χ2n) is 4.01. The van der Waals surface area contributed by atoms with Gasteiger partial charge in [-0.2, -0.15) is 0 Å². The van der Waals surface area contributed by atoms with Crippen LogP contribution in [0.25, 0.3) is 11.4 Å². The van der Waals surface area contributed by atoms with Crippen LogP contribution in [0.1, 0.15) is 12.5 Å². The summed E-state index contributed by atoms with van der Waals surface area (Å²) in [4.78, 5) is 19.1. The lowest BCUT2D eigenvalue weighted by Gasteiger charge is -2.06. The first-order valence-electron chi connectivity index (χ1n) is 5.80. The first kappa shape index (κ1) is 13.0. The van der Waals surface area contributed by atoms with E-state index < -0.39 is 0 Å². The highest BCUT2D eigenvalue weighted by atomic mass is 16.7. The van der Waals surface area contributed by atoms with Crippen LogP contribution >= 0.6 is 0 Å². The molecule has 5 nitrogen and oxygen atoms in total. The molecule has 0 aliphatic heterocycles. The predicted octanol–water partition coefficient (Wildman–Crippen LogP) is 2.35. The number of esters is 1. The van der Waals surface area contributed by atoms with E-state index in [9.17, 15) is 4.79 Å². The molecule has 0 saturated carbocycles. The number of ether oxygens (including phenoxy) is 2.